The molecule has 3 heterocycles. The molecule has 1 aliphatic rings. The van der Waals surface area contributed by atoms with Crippen LogP contribution in [0, 0.1) is 11.3 Å². The number of anilines is 1. The van der Waals surface area contributed by atoms with Gasteiger partial charge in [0.1, 0.15) is 6.10 Å². The number of ether oxygens (including phenoxy) is 1. The second-order valence-electron chi connectivity index (χ2n) is 5.26. The fourth-order valence-electron chi connectivity index (χ4n) is 2.68. The van der Waals surface area contributed by atoms with Gasteiger partial charge in [0.05, 0.1) is 18.2 Å². The van der Waals surface area contributed by atoms with Crippen molar-refractivity contribution in [3.63, 3.8) is 0 Å². The highest BCUT2D eigenvalue weighted by atomic mass is 16.5. The quantitative estimate of drug-likeness (QED) is 0.696. The van der Waals surface area contributed by atoms with Gasteiger partial charge in [0.15, 0.2) is 11.5 Å². The number of tetrazole rings is 1. The Balaban J connectivity index is 1.59. The highest BCUT2D eigenvalue weighted by Crippen LogP contribution is 2.25. The number of hydrogen-bond donors (Lipinski definition) is 0. The van der Waals surface area contributed by atoms with Crippen molar-refractivity contribution in [2.24, 2.45) is 0 Å². The summed E-state index contributed by atoms with van der Waals surface area (Å²) in [5.41, 5.74) is 2.24. The molecule has 1 fully saturated rings. The predicted octanol–water partition coefficient (Wildman–Crippen LogP) is 0.969. The molecule has 0 radical (unpaired) electrons. The first-order valence-corrected chi connectivity index (χ1v) is 7.25. The summed E-state index contributed by atoms with van der Waals surface area (Å²) < 4.78 is 7.27. The Morgan fingerprint density at radius 2 is 2.22 bits per heavy atom. The highest BCUT2D eigenvalue weighted by molar-refractivity contribution is 5.45. The first-order valence-electron chi connectivity index (χ1n) is 7.25. The molecular formula is C15H13N7O. The average Bonchev–Trinajstić information content (AvgIpc) is 3.09. The number of aromatic nitrogens is 5. The minimum Gasteiger partial charge on any atom is -0.370 e. The first-order chi connectivity index (χ1) is 11.3. The van der Waals surface area contributed by atoms with E-state index in [0.717, 1.165) is 17.9 Å². The normalized spacial score (nSPS) is 18.0. The Labute approximate surface area is 131 Å². The molecule has 1 unspecified atom stereocenters. The van der Waals surface area contributed by atoms with Crippen LogP contribution in [0.25, 0.3) is 5.65 Å². The summed E-state index contributed by atoms with van der Waals surface area (Å²) in [5, 5.41) is 24.7. The van der Waals surface area contributed by atoms with Gasteiger partial charge in [-0.05, 0) is 40.3 Å². The SMILES string of the molecule is N#Cc1cccc(C2CN(c3ccc4nnnn4n3)CCO2)c1. The lowest BCUT2D eigenvalue weighted by Gasteiger charge is -2.33. The lowest BCUT2D eigenvalue weighted by Crippen LogP contribution is -2.39. The molecule has 3 aromatic rings. The average molecular weight is 307 g/mol. The number of nitriles is 1. The van der Waals surface area contributed by atoms with E-state index in [0.29, 0.717) is 24.4 Å². The zero-order valence-electron chi connectivity index (χ0n) is 12.2. The first kappa shape index (κ1) is 13.6. The molecule has 8 heteroatoms. The maximum absolute atomic E-state index is 9.04. The van der Waals surface area contributed by atoms with E-state index in [1.807, 2.05) is 30.3 Å². The highest BCUT2D eigenvalue weighted by Gasteiger charge is 2.23. The monoisotopic (exact) mass is 307 g/mol. The molecule has 1 saturated heterocycles. The van der Waals surface area contributed by atoms with E-state index >= 15 is 0 Å². The fourth-order valence-corrected chi connectivity index (χ4v) is 2.68. The topological polar surface area (TPSA) is 92.2 Å². The van der Waals surface area contributed by atoms with Crippen molar-refractivity contribution in [1.82, 2.24) is 25.3 Å². The smallest absolute Gasteiger partial charge is 0.200 e. The van der Waals surface area contributed by atoms with Gasteiger partial charge in [-0.1, -0.05) is 12.1 Å². The summed E-state index contributed by atoms with van der Waals surface area (Å²) in [6, 6.07) is 13.4. The van der Waals surface area contributed by atoms with E-state index in [1.165, 1.54) is 4.63 Å². The minimum absolute atomic E-state index is 0.0941. The molecule has 23 heavy (non-hydrogen) atoms. The summed E-state index contributed by atoms with van der Waals surface area (Å²) in [6.07, 6.45) is -0.0941. The number of hydrogen-bond acceptors (Lipinski definition) is 7. The zero-order valence-corrected chi connectivity index (χ0v) is 12.2. The molecule has 0 saturated carbocycles. The van der Waals surface area contributed by atoms with Crippen LogP contribution in [0.2, 0.25) is 0 Å². The molecule has 4 rings (SSSR count). The number of morpholine rings is 1. The van der Waals surface area contributed by atoms with Crippen molar-refractivity contribution in [2.75, 3.05) is 24.6 Å². The van der Waals surface area contributed by atoms with E-state index in [9.17, 15) is 0 Å². The largest absolute Gasteiger partial charge is 0.370 e. The summed E-state index contributed by atoms with van der Waals surface area (Å²) >= 11 is 0. The van der Waals surface area contributed by atoms with Crippen molar-refractivity contribution >= 4 is 11.5 Å². The van der Waals surface area contributed by atoms with Crippen LogP contribution in [0.5, 0.6) is 0 Å². The summed E-state index contributed by atoms with van der Waals surface area (Å²) in [5.74, 6) is 0.800. The van der Waals surface area contributed by atoms with Crippen LogP contribution >= 0.6 is 0 Å². The number of fused-ring (bicyclic) bond motifs is 1. The van der Waals surface area contributed by atoms with Crippen molar-refractivity contribution in [2.45, 2.75) is 6.10 Å². The van der Waals surface area contributed by atoms with Gasteiger partial charge in [-0.25, -0.2) is 0 Å². The minimum atomic E-state index is -0.0941. The van der Waals surface area contributed by atoms with Crippen molar-refractivity contribution in [1.29, 1.82) is 5.26 Å². The van der Waals surface area contributed by atoms with E-state index in [4.69, 9.17) is 10.00 Å². The maximum atomic E-state index is 9.04. The van der Waals surface area contributed by atoms with Crippen LogP contribution in [0.4, 0.5) is 5.82 Å². The summed E-state index contributed by atoms with van der Waals surface area (Å²) in [4.78, 5) is 2.13. The second kappa shape index (κ2) is 5.62. The van der Waals surface area contributed by atoms with Gasteiger partial charge in [0, 0.05) is 13.1 Å². The lowest BCUT2D eigenvalue weighted by molar-refractivity contribution is 0.0394. The Kier molecular flexibility index (Phi) is 3.33. The van der Waals surface area contributed by atoms with Gasteiger partial charge in [0.2, 0.25) is 0 Å². The Hall–Kier alpha value is -3.05. The predicted molar refractivity (Wildman–Crippen MR) is 80.6 cm³/mol. The van der Waals surface area contributed by atoms with Gasteiger partial charge in [0.25, 0.3) is 0 Å². The van der Waals surface area contributed by atoms with Crippen LogP contribution in [-0.4, -0.2) is 45.0 Å². The third kappa shape index (κ3) is 2.58. The third-order valence-corrected chi connectivity index (χ3v) is 3.83. The molecule has 114 valence electrons. The van der Waals surface area contributed by atoms with Crippen LogP contribution in [-0.2, 0) is 4.74 Å². The van der Waals surface area contributed by atoms with Crippen LogP contribution in [0.1, 0.15) is 17.2 Å². The molecule has 1 aliphatic heterocycles. The fraction of sp³-hybridized carbons (Fsp3) is 0.267. The van der Waals surface area contributed by atoms with E-state index in [2.05, 4.69) is 31.6 Å². The van der Waals surface area contributed by atoms with Crippen LogP contribution in [0.3, 0.4) is 0 Å². The molecule has 8 nitrogen and oxygen atoms in total. The lowest BCUT2D eigenvalue weighted by atomic mass is 10.1. The van der Waals surface area contributed by atoms with Gasteiger partial charge < -0.3 is 9.64 Å². The Morgan fingerprint density at radius 3 is 3.13 bits per heavy atom. The molecule has 1 atom stereocenters. The Morgan fingerprint density at radius 1 is 1.26 bits per heavy atom. The van der Waals surface area contributed by atoms with Crippen molar-refractivity contribution in [3.05, 3.63) is 47.5 Å². The standard InChI is InChI=1S/C15H13N7O/c16-9-11-2-1-3-12(8-11)13-10-21(6-7-23-13)15-5-4-14-17-19-20-22(14)18-15/h1-5,8,13H,6-7,10H2. The maximum Gasteiger partial charge on any atom is 0.200 e. The summed E-state index contributed by atoms with van der Waals surface area (Å²) in [6.45, 7) is 2.00. The van der Waals surface area contributed by atoms with E-state index in [-0.39, 0.29) is 6.10 Å². The molecular weight excluding hydrogens is 294 g/mol. The number of benzene rings is 1. The van der Waals surface area contributed by atoms with Crippen molar-refractivity contribution in [3.8, 4) is 6.07 Å². The van der Waals surface area contributed by atoms with E-state index in [1.54, 1.807) is 6.07 Å². The van der Waals surface area contributed by atoms with Crippen molar-refractivity contribution < 1.29 is 4.74 Å². The molecule has 0 bridgehead atoms. The molecule has 0 N–H and O–H groups in total. The van der Waals surface area contributed by atoms with Gasteiger partial charge in [-0.15, -0.1) is 14.8 Å². The number of rotatable bonds is 2. The third-order valence-electron chi connectivity index (χ3n) is 3.83. The number of nitrogens with zero attached hydrogens (tertiary/aromatic N) is 7. The summed E-state index contributed by atoms with van der Waals surface area (Å²) in [7, 11) is 0. The van der Waals surface area contributed by atoms with Crippen LogP contribution in [0.15, 0.2) is 36.4 Å². The van der Waals surface area contributed by atoms with Gasteiger partial charge in [-0.2, -0.15) is 5.26 Å². The molecule has 0 spiro atoms. The molecule has 0 amide bonds. The zero-order chi connectivity index (χ0) is 15.6. The Bertz CT molecular complexity index is 885. The molecule has 2 aromatic heterocycles. The molecule has 1 aromatic carbocycles. The molecule has 0 aliphatic carbocycles. The van der Waals surface area contributed by atoms with Crippen LogP contribution < -0.4 is 4.90 Å². The van der Waals surface area contributed by atoms with Gasteiger partial charge in [-0.3, -0.25) is 0 Å². The van der Waals surface area contributed by atoms with Gasteiger partial charge >= 0.3 is 0 Å². The second-order valence-corrected chi connectivity index (χ2v) is 5.26. The van der Waals surface area contributed by atoms with E-state index < -0.39 is 0 Å².